The highest BCUT2D eigenvalue weighted by atomic mass is 127. The van der Waals surface area contributed by atoms with E-state index in [2.05, 4.69) is 50.3 Å². The molecule has 260 valence electrons. The smallest absolute Gasteiger partial charge is 0.337 e. The van der Waals surface area contributed by atoms with Gasteiger partial charge in [-0.1, -0.05) is 24.3 Å². The minimum atomic E-state index is -1.17. The van der Waals surface area contributed by atoms with Crippen molar-refractivity contribution < 1.29 is 38.4 Å². The molecular weight excluding hydrogens is 743 g/mol. The maximum absolute atomic E-state index is 12.5. The van der Waals surface area contributed by atoms with Crippen molar-refractivity contribution >= 4 is 40.8 Å². The van der Waals surface area contributed by atoms with E-state index in [0.717, 1.165) is 20.3 Å². The van der Waals surface area contributed by atoms with Crippen LogP contribution in [0, 0.1) is 3.57 Å². The standard InChI is InChI=1S/C36H41IN4O8/c1-6-9-26-16-24(17-30(47-8-3)34(26)49-20-23-10-13-27(37)14-11-23)19-38-41-31(42)21-48-28-15-12-25(18-29(28)46-7-2)33-32(35(43)45-5)22(4)39-36(44)40-33/h6,10-19,31,33,41-42H,1,7-9,20-21H2,2-5H3,(H2,39,40,44)/b38-19-/t31-,33+/m0/s1. The van der Waals surface area contributed by atoms with Gasteiger partial charge in [0.05, 0.1) is 38.2 Å². The van der Waals surface area contributed by atoms with Gasteiger partial charge in [-0.05, 0) is 103 Å². The molecule has 1 heterocycles. The highest BCUT2D eigenvalue weighted by Crippen LogP contribution is 2.36. The first kappa shape index (κ1) is 37.1. The number of aliphatic hydroxyl groups excluding tert-OH is 1. The molecule has 0 aromatic heterocycles. The van der Waals surface area contributed by atoms with Crippen LogP contribution in [0.15, 0.2) is 83.6 Å². The summed E-state index contributed by atoms with van der Waals surface area (Å²) in [6.07, 6.45) is 2.76. The van der Waals surface area contributed by atoms with E-state index < -0.39 is 24.3 Å². The largest absolute Gasteiger partial charge is 0.490 e. The zero-order valence-corrected chi connectivity index (χ0v) is 30.0. The van der Waals surface area contributed by atoms with Crippen molar-refractivity contribution in [1.82, 2.24) is 16.1 Å². The van der Waals surface area contributed by atoms with Gasteiger partial charge >= 0.3 is 12.0 Å². The first-order chi connectivity index (χ1) is 23.7. The maximum atomic E-state index is 12.5. The number of methoxy groups -OCH3 is 1. The number of aliphatic hydroxyl groups is 1. The first-order valence-corrected chi connectivity index (χ1v) is 16.8. The Morgan fingerprint density at radius 2 is 1.78 bits per heavy atom. The Hall–Kier alpha value is -4.76. The number of urea groups is 1. The van der Waals surface area contributed by atoms with Gasteiger partial charge < -0.3 is 39.4 Å². The fraction of sp³-hybridized carbons (Fsp3) is 0.306. The summed E-state index contributed by atoms with van der Waals surface area (Å²) in [7, 11) is 1.28. The molecule has 0 saturated carbocycles. The number of hydrogen-bond acceptors (Lipinski definition) is 10. The first-order valence-electron chi connectivity index (χ1n) is 15.7. The summed E-state index contributed by atoms with van der Waals surface area (Å²) in [5.74, 6) is 1.37. The Balaban J connectivity index is 1.44. The number of hydrazone groups is 1. The average molecular weight is 785 g/mol. The number of allylic oxidation sites excluding steroid dienone is 2. The van der Waals surface area contributed by atoms with Crippen LogP contribution in [0.5, 0.6) is 23.0 Å². The van der Waals surface area contributed by atoms with E-state index in [1.54, 1.807) is 37.4 Å². The predicted octanol–water partition coefficient (Wildman–Crippen LogP) is 5.52. The predicted molar refractivity (Wildman–Crippen MR) is 194 cm³/mol. The highest BCUT2D eigenvalue weighted by molar-refractivity contribution is 14.1. The van der Waals surface area contributed by atoms with Gasteiger partial charge in [0.25, 0.3) is 0 Å². The topological polar surface area (TPSA) is 149 Å². The fourth-order valence-electron chi connectivity index (χ4n) is 5.05. The van der Waals surface area contributed by atoms with Crippen LogP contribution in [0.2, 0.25) is 0 Å². The van der Waals surface area contributed by atoms with Gasteiger partial charge in [0.2, 0.25) is 0 Å². The third-order valence-corrected chi connectivity index (χ3v) is 7.94. The molecule has 2 atom stereocenters. The van der Waals surface area contributed by atoms with Gasteiger partial charge in [0.1, 0.15) is 13.2 Å². The molecule has 0 aliphatic carbocycles. The molecule has 0 bridgehead atoms. The number of carbonyl (C=O) groups excluding carboxylic acids is 2. The third kappa shape index (κ3) is 10.1. The van der Waals surface area contributed by atoms with E-state index in [-0.39, 0.29) is 12.2 Å². The molecule has 0 unspecified atom stereocenters. The number of halogens is 1. The van der Waals surface area contributed by atoms with Crippen molar-refractivity contribution in [2.45, 2.75) is 46.1 Å². The number of nitrogens with zero attached hydrogens (tertiary/aromatic N) is 1. The van der Waals surface area contributed by atoms with Gasteiger partial charge in [-0.3, -0.25) is 5.43 Å². The lowest BCUT2D eigenvalue weighted by molar-refractivity contribution is -0.136. The molecule has 0 spiro atoms. The monoisotopic (exact) mass is 784 g/mol. The number of rotatable bonds is 17. The van der Waals surface area contributed by atoms with Crippen LogP contribution in [0.1, 0.15) is 49.1 Å². The molecule has 4 N–H and O–H groups in total. The summed E-state index contributed by atoms with van der Waals surface area (Å²) < 4.78 is 29.9. The van der Waals surface area contributed by atoms with Gasteiger partial charge in [0.15, 0.2) is 29.2 Å². The van der Waals surface area contributed by atoms with Gasteiger partial charge in [-0.25, -0.2) is 9.59 Å². The summed E-state index contributed by atoms with van der Waals surface area (Å²) in [6, 6.07) is 15.7. The Morgan fingerprint density at radius 1 is 1.04 bits per heavy atom. The molecule has 0 saturated heterocycles. The fourth-order valence-corrected chi connectivity index (χ4v) is 5.41. The molecule has 12 nitrogen and oxygen atoms in total. The van der Waals surface area contributed by atoms with Crippen LogP contribution in [-0.2, 0) is 22.6 Å². The second kappa shape index (κ2) is 18.1. The maximum Gasteiger partial charge on any atom is 0.337 e. The van der Waals surface area contributed by atoms with Crippen molar-refractivity contribution in [2.24, 2.45) is 5.10 Å². The molecule has 1 aliphatic heterocycles. The van der Waals surface area contributed by atoms with Gasteiger partial charge in [-0.15, -0.1) is 6.58 Å². The molecule has 1 aliphatic rings. The normalized spacial score (nSPS) is 14.8. The molecule has 0 radical (unpaired) electrons. The summed E-state index contributed by atoms with van der Waals surface area (Å²) in [4.78, 5) is 24.7. The average Bonchev–Trinajstić information content (AvgIpc) is 3.08. The number of benzene rings is 3. The lowest BCUT2D eigenvalue weighted by atomic mass is 9.95. The SMILES string of the molecule is C=CCc1cc(/C=N\N[C@@H](O)COc2ccc([C@H]3NC(=O)NC(C)=C3C(=O)OC)cc2OCC)cc(OCC)c1OCc1ccc(I)cc1. The van der Waals surface area contributed by atoms with E-state index in [9.17, 15) is 14.7 Å². The van der Waals surface area contributed by atoms with E-state index >= 15 is 0 Å². The molecule has 0 fully saturated rings. The zero-order chi connectivity index (χ0) is 35.3. The van der Waals surface area contributed by atoms with Gasteiger partial charge in [0, 0.05) is 14.8 Å². The zero-order valence-electron chi connectivity index (χ0n) is 27.9. The number of nitrogens with one attached hydrogen (secondary N) is 3. The third-order valence-electron chi connectivity index (χ3n) is 7.22. The Labute approximate surface area is 299 Å². The Kier molecular flexibility index (Phi) is 13.7. The summed E-state index contributed by atoms with van der Waals surface area (Å²) in [5.41, 5.74) is 6.58. The van der Waals surface area contributed by atoms with Crippen molar-refractivity contribution in [3.8, 4) is 23.0 Å². The molecule has 4 rings (SSSR count). The quantitative estimate of drug-likeness (QED) is 0.0347. The number of amides is 2. The van der Waals surface area contributed by atoms with Crippen LogP contribution in [0.3, 0.4) is 0 Å². The molecule has 3 aromatic rings. The van der Waals surface area contributed by atoms with Crippen molar-refractivity contribution in [3.63, 3.8) is 0 Å². The second-order valence-corrected chi connectivity index (χ2v) is 12.0. The van der Waals surface area contributed by atoms with Crippen LogP contribution in [0.25, 0.3) is 0 Å². The van der Waals surface area contributed by atoms with Crippen LogP contribution >= 0.6 is 22.6 Å². The van der Waals surface area contributed by atoms with Crippen molar-refractivity contribution in [1.29, 1.82) is 0 Å². The molecule has 2 amide bonds. The van der Waals surface area contributed by atoms with E-state index in [1.165, 1.54) is 7.11 Å². The molecule has 49 heavy (non-hydrogen) atoms. The lowest BCUT2D eigenvalue weighted by Gasteiger charge is -2.28. The van der Waals surface area contributed by atoms with Gasteiger partial charge in [-0.2, -0.15) is 5.10 Å². The molecule has 13 heteroatoms. The lowest BCUT2D eigenvalue weighted by Crippen LogP contribution is -2.45. The number of ether oxygens (including phenoxy) is 5. The summed E-state index contributed by atoms with van der Waals surface area (Å²) in [6.45, 7) is 10.2. The van der Waals surface area contributed by atoms with E-state index in [4.69, 9.17) is 23.7 Å². The Morgan fingerprint density at radius 3 is 2.47 bits per heavy atom. The summed E-state index contributed by atoms with van der Waals surface area (Å²) >= 11 is 2.27. The van der Waals surface area contributed by atoms with Crippen LogP contribution in [0.4, 0.5) is 4.79 Å². The van der Waals surface area contributed by atoms with E-state index in [1.807, 2.05) is 50.2 Å². The van der Waals surface area contributed by atoms with Crippen molar-refractivity contribution in [3.05, 3.63) is 104 Å². The number of hydrogen-bond donors (Lipinski definition) is 4. The number of esters is 1. The second-order valence-electron chi connectivity index (χ2n) is 10.8. The Bertz CT molecular complexity index is 1690. The van der Waals surface area contributed by atoms with Crippen LogP contribution < -0.4 is 35.0 Å². The minimum absolute atomic E-state index is 0.162. The minimum Gasteiger partial charge on any atom is -0.490 e. The number of carbonyl (C=O) groups is 2. The summed E-state index contributed by atoms with van der Waals surface area (Å²) in [5, 5.41) is 20.2. The highest BCUT2D eigenvalue weighted by Gasteiger charge is 2.32. The van der Waals surface area contributed by atoms with Crippen LogP contribution in [-0.4, -0.2) is 56.5 Å². The molecule has 3 aromatic carbocycles. The van der Waals surface area contributed by atoms with Crippen molar-refractivity contribution in [2.75, 3.05) is 26.9 Å². The molecular formula is C36H41IN4O8. The van der Waals surface area contributed by atoms with E-state index in [0.29, 0.717) is 60.5 Å².